The maximum atomic E-state index is 2.81. The molecule has 0 radical (unpaired) electrons. The van der Waals surface area contributed by atoms with E-state index in [0.29, 0.717) is 5.41 Å². The van der Waals surface area contributed by atoms with Crippen molar-refractivity contribution in [2.45, 2.75) is 31.7 Å². The number of nitrogens with zero attached hydrogens (tertiary/aromatic N) is 3. The highest BCUT2D eigenvalue weighted by Gasteiger charge is 2.44. The molecule has 3 aliphatic rings. The fourth-order valence-corrected chi connectivity index (χ4v) is 4.13. The van der Waals surface area contributed by atoms with Crippen molar-refractivity contribution < 1.29 is 0 Å². The van der Waals surface area contributed by atoms with Gasteiger partial charge < -0.3 is 9.80 Å². The highest BCUT2D eigenvalue weighted by atomic mass is 15.2. The molecule has 1 spiro atoms. The van der Waals surface area contributed by atoms with Gasteiger partial charge in [-0.25, -0.2) is 0 Å². The molecular formula is C14H27N3. The lowest BCUT2D eigenvalue weighted by Gasteiger charge is -2.36. The van der Waals surface area contributed by atoms with Crippen LogP contribution in [0.4, 0.5) is 0 Å². The van der Waals surface area contributed by atoms with E-state index in [-0.39, 0.29) is 0 Å². The molecule has 0 aromatic heterocycles. The number of hydrogen-bond acceptors (Lipinski definition) is 3. The summed E-state index contributed by atoms with van der Waals surface area (Å²) in [5.41, 5.74) is 0.665. The van der Waals surface area contributed by atoms with Gasteiger partial charge in [0.2, 0.25) is 0 Å². The van der Waals surface area contributed by atoms with Gasteiger partial charge in [-0.05, 0) is 71.4 Å². The van der Waals surface area contributed by atoms with Crippen molar-refractivity contribution in [3.63, 3.8) is 0 Å². The van der Waals surface area contributed by atoms with Crippen LogP contribution in [0, 0.1) is 5.41 Å². The summed E-state index contributed by atoms with van der Waals surface area (Å²) in [6.45, 7) is 8.01. The van der Waals surface area contributed by atoms with Gasteiger partial charge in [-0.15, -0.1) is 0 Å². The lowest BCUT2D eigenvalue weighted by Crippen LogP contribution is -2.43. The molecule has 17 heavy (non-hydrogen) atoms. The van der Waals surface area contributed by atoms with Gasteiger partial charge in [0.25, 0.3) is 0 Å². The molecule has 1 atom stereocenters. The Balaban J connectivity index is 1.57. The van der Waals surface area contributed by atoms with Crippen molar-refractivity contribution in [1.82, 2.24) is 14.7 Å². The molecule has 0 aromatic rings. The predicted molar refractivity (Wildman–Crippen MR) is 71.3 cm³/mol. The summed E-state index contributed by atoms with van der Waals surface area (Å²) < 4.78 is 0. The first-order valence-corrected chi connectivity index (χ1v) is 7.28. The Kier molecular flexibility index (Phi) is 3.18. The average Bonchev–Trinajstić information content (AvgIpc) is 2.88. The van der Waals surface area contributed by atoms with E-state index < -0.39 is 0 Å². The summed E-state index contributed by atoms with van der Waals surface area (Å²) in [5, 5.41) is 0. The molecule has 3 heteroatoms. The molecule has 0 amide bonds. The van der Waals surface area contributed by atoms with Crippen LogP contribution in [-0.4, -0.2) is 74.1 Å². The summed E-state index contributed by atoms with van der Waals surface area (Å²) in [5.74, 6) is 0. The maximum Gasteiger partial charge on any atom is 0.0120 e. The van der Waals surface area contributed by atoms with Crippen molar-refractivity contribution >= 4 is 0 Å². The normalized spacial score (nSPS) is 38.5. The first kappa shape index (κ1) is 11.9. The SMILES string of the molecule is CN1CCC(N2CCC3(CCN(C)C3)C2)CC1. The standard InChI is InChI=1S/C14H27N3/c1-15-7-3-13(4-8-15)17-10-6-14(12-17)5-9-16(2)11-14/h13H,3-12H2,1-2H3. The fourth-order valence-electron chi connectivity index (χ4n) is 4.13. The summed E-state index contributed by atoms with van der Waals surface area (Å²) >= 11 is 0. The minimum atomic E-state index is 0.665. The van der Waals surface area contributed by atoms with Crippen LogP contribution in [0.15, 0.2) is 0 Å². The van der Waals surface area contributed by atoms with Crippen molar-refractivity contribution in [3.8, 4) is 0 Å². The Bertz CT molecular complexity index is 273. The fraction of sp³-hybridized carbons (Fsp3) is 1.00. The third kappa shape index (κ3) is 2.38. The Hall–Kier alpha value is -0.120. The van der Waals surface area contributed by atoms with Crippen LogP contribution in [0.25, 0.3) is 0 Å². The van der Waals surface area contributed by atoms with E-state index in [1.54, 1.807) is 0 Å². The Morgan fingerprint density at radius 2 is 1.53 bits per heavy atom. The lowest BCUT2D eigenvalue weighted by molar-refractivity contribution is 0.130. The molecule has 3 aliphatic heterocycles. The van der Waals surface area contributed by atoms with Crippen LogP contribution in [0.5, 0.6) is 0 Å². The van der Waals surface area contributed by atoms with Crippen LogP contribution >= 0.6 is 0 Å². The molecule has 1 unspecified atom stereocenters. The van der Waals surface area contributed by atoms with Crippen molar-refractivity contribution in [1.29, 1.82) is 0 Å². The number of rotatable bonds is 1. The van der Waals surface area contributed by atoms with Gasteiger partial charge in [-0.3, -0.25) is 4.90 Å². The summed E-state index contributed by atoms with van der Waals surface area (Å²) in [7, 11) is 4.54. The lowest BCUT2D eigenvalue weighted by atomic mass is 9.86. The highest BCUT2D eigenvalue weighted by molar-refractivity contribution is 4.98. The number of piperidine rings is 1. The number of likely N-dealkylation sites (tertiary alicyclic amines) is 3. The first-order valence-electron chi connectivity index (χ1n) is 7.28. The Morgan fingerprint density at radius 3 is 2.18 bits per heavy atom. The van der Waals surface area contributed by atoms with E-state index in [1.807, 2.05) is 0 Å². The molecule has 3 heterocycles. The van der Waals surface area contributed by atoms with Crippen LogP contribution in [0.2, 0.25) is 0 Å². The Labute approximate surface area is 106 Å². The molecule has 0 saturated carbocycles. The van der Waals surface area contributed by atoms with Gasteiger partial charge in [0.05, 0.1) is 0 Å². The van der Waals surface area contributed by atoms with Crippen molar-refractivity contribution in [2.24, 2.45) is 5.41 Å². The quantitative estimate of drug-likeness (QED) is 0.676. The van der Waals surface area contributed by atoms with Gasteiger partial charge in [0.15, 0.2) is 0 Å². The van der Waals surface area contributed by atoms with Gasteiger partial charge >= 0.3 is 0 Å². The monoisotopic (exact) mass is 237 g/mol. The second-order valence-electron chi connectivity index (χ2n) is 6.74. The van der Waals surface area contributed by atoms with E-state index in [4.69, 9.17) is 0 Å². The topological polar surface area (TPSA) is 9.72 Å². The molecule has 3 fully saturated rings. The van der Waals surface area contributed by atoms with E-state index in [9.17, 15) is 0 Å². The van der Waals surface area contributed by atoms with Gasteiger partial charge in [-0.2, -0.15) is 0 Å². The van der Waals surface area contributed by atoms with E-state index in [2.05, 4.69) is 28.8 Å². The van der Waals surface area contributed by atoms with Gasteiger partial charge in [0, 0.05) is 19.1 Å². The van der Waals surface area contributed by atoms with E-state index >= 15 is 0 Å². The number of hydrogen-bond donors (Lipinski definition) is 0. The largest absolute Gasteiger partial charge is 0.306 e. The van der Waals surface area contributed by atoms with Gasteiger partial charge in [0.1, 0.15) is 0 Å². The minimum absolute atomic E-state index is 0.665. The van der Waals surface area contributed by atoms with E-state index in [1.165, 1.54) is 65.0 Å². The van der Waals surface area contributed by atoms with Crippen LogP contribution < -0.4 is 0 Å². The first-order chi connectivity index (χ1) is 8.17. The molecule has 0 N–H and O–H groups in total. The maximum absolute atomic E-state index is 2.81. The summed E-state index contributed by atoms with van der Waals surface area (Å²) in [6, 6.07) is 0.886. The molecule has 3 rings (SSSR count). The molecule has 98 valence electrons. The minimum Gasteiger partial charge on any atom is -0.306 e. The zero-order valence-electron chi connectivity index (χ0n) is 11.5. The van der Waals surface area contributed by atoms with Crippen LogP contribution in [0.3, 0.4) is 0 Å². The highest BCUT2D eigenvalue weighted by Crippen LogP contribution is 2.40. The van der Waals surface area contributed by atoms with E-state index in [0.717, 1.165) is 6.04 Å². The molecule has 3 saturated heterocycles. The van der Waals surface area contributed by atoms with Crippen LogP contribution in [0.1, 0.15) is 25.7 Å². The second kappa shape index (κ2) is 4.52. The second-order valence-corrected chi connectivity index (χ2v) is 6.74. The summed E-state index contributed by atoms with van der Waals surface area (Å²) in [4.78, 5) is 7.82. The van der Waals surface area contributed by atoms with Crippen LogP contribution in [-0.2, 0) is 0 Å². The zero-order valence-corrected chi connectivity index (χ0v) is 11.5. The molecule has 3 nitrogen and oxygen atoms in total. The predicted octanol–water partition coefficient (Wildman–Crippen LogP) is 1.11. The zero-order chi connectivity index (χ0) is 11.9. The van der Waals surface area contributed by atoms with Gasteiger partial charge in [-0.1, -0.05) is 0 Å². The smallest absolute Gasteiger partial charge is 0.0120 e. The third-order valence-corrected chi connectivity index (χ3v) is 5.30. The van der Waals surface area contributed by atoms with Crippen molar-refractivity contribution in [3.05, 3.63) is 0 Å². The average molecular weight is 237 g/mol. The molecule has 0 aliphatic carbocycles. The van der Waals surface area contributed by atoms with Crippen molar-refractivity contribution in [2.75, 3.05) is 53.4 Å². The molecular weight excluding hydrogens is 210 g/mol. The Morgan fingerprint density at radius 1 is 0.824 bits per heavy atom. The third-order valence-electron chi connectivity index (χ3n) is 5.30. The molecule has 0 bridgehead atoms. The molecule has 0 aromatic carbocycles. The summed E-state index contributed by atoms with van der Waals surface area (Å²) in [6.07, 6.45) is 5.67.